The lowest BCUT2D eigenvalue weighted by Gasteiger charge is -2.08. The first-order chi connectivity index (χ1) is 7.15. The SMILES string of the molecule is Cc1cccc(OC(=O)CCCBr)c1C. The summed E-state index contributed by atoms with van der Waals surface area (Å²) in [5.74, 6) is 0.512. The highest BCUT2D eigenvalue weighted by atomic mass is 79.9. The zero-order chi connectivity index (χ0) is 11.3. The molecule has 0 fully saturated rings. The van der Waals surface area contributed by atoms with E-state index in [0.29, 0.717) is 12.2 Å². The highest BCUT2D eigenvalue weighted by molar-refractivity contribution is 9.09. The lowest BCUT2D eigenvalue weighted by atomic mass is 10.1. The van der Waals surface area contributed by atoms with Crippen molar-refractivity contribution in [1.82, 2.24) is 0 Å². The van der Waals surface area contributed by atoms with Gasteiger partial charge in [-0.05, 0) is 37.5 Å². The van der Waals surface area contributed by atoms with Crippen LogP contribution in [0.5, 0.6) is 5.75 Å². The topological polar surface area (TPSA) is 26.3 Å². The largest absolute Gasteiger partial charge is 0.426 e. The summed E-state index contributed by atoms with van der Waals surface area (Å²) < 4.78 is 5.27. The van der Waals surface area contributed by atoms with Gasteiger partial charge in [0.1, 0.15) is 5.75 Å². The van der Waals surface area contributed by atoms with E-state index in [1.54, 1.807) is 0 Å². The Morgan fingerprint density at radius 1 is 1.40 bits per heavy atom. The first-order valence-corrected chi connectivity index (χ1v) is 6.10. The number of hydrogen-bond acceptors (Lipinski definition) is 2. The highest BCUT2D eigenvalue weighted by Gasteiger charge is 2.07. The van der Waals surface area contributed by atoms with Gasteiger partial charge in [0.05, 0.1) is 0 Å². The Morgan fingerprint density at radius 2 is 2.13 bits per heavy atom. The molecular formula is C12H15BrO2. The third-order valence-electron chi connectivity index (χ3n) is 2.29. The molecule has 1 rings (SSSR count). The second kappa shape index (κ2) is 5.91. The summed E-state index contributed by atoms with van der Waals surface area (Å²) >= 11 is 3.28. The molecule has 0 aliphatic heterocycles. The van der Waals surface area contributed by atoms with Crippen LogP contribution in [0.2, 0.25) is 0 Å². The summed E-state index contributed by atoms with van der Waals surface area (Å²) in [4.78, 5) is 11.4. The van der Waals surface area contributed by atoms with Crippen LogP contribution in [0.1, 0.15) is 24.0 Å². The molecule has 0 heterocycles. The smallest absolute Gasteiger partial charge is 0.311 e. The van der Waals surface area contributed by atoms with Gasteiger partial charge in [0.15, 0.2) is 0 Å². The van der Waals surface area contributed by atoms with Crippen LogP contribution in [0.25, 0.3) is 0 Å². The molecule has 0 aliphatic carbocycles. The van der Waals surface area contributed by atoms with E-state index in [1.165, 1.54) is 0 Å². The second-order valence-corrected chi connectivity index (χ2v) is 4.26. The monoisotopic (exact) mass is 270 g/mol. The van der Waals surface area contributed by atoms with E-state index in [1.807, 2.05) is 32.0 Å². The van der Waals surface area contributed by atoms with E-state index in [2.05, 4.69) is 15.9 Å². The molecule has 0 atom stereocenters. The van der Waals surface area contributed by atoms with E-state index in [4.69, 9.17) is 4.74 Å². The van der Waals surface area contributed by atoms with Crippen LogP contribution in [0, 0.1) is 13.8 Å². The molecular weight excluding hydrogens is 256 g/mol. The first-order valence-electron chi connectivity index (χ1n) is 4.98. The van der Waals surface area contributed by atoms with Crippen LogP contribution in [-0.2, 0) is 4.79 Å². The molecule has 0 unspecified atom stereocenters. The Hall–Kier alpha value is -0.830. The van der Waals surface area contributed by atoms with Crippen LogP contribution in [-0.4, -0.2) is 11.3 Å². The fraction of sp³-hybridized carbons (Fsp3) is 0.417. The maximum Gasteiger partial charge on any atom is 0.311 e. The first kappa shape index (κ1) is 12.2. The number of rotatable bonds is 4. The molecule has 1 aromatic carbocycles. The minimum absolute atomic E-state index is 0.164. The molecule has 0 spiro atoms. The average molecular weight is 271 g/mol. The molecule has 0 bridgehead atoms. The van der Waals surface area contributed by atoms with Gasteiger partial charge in [-0.15, -0.1) is 0 Å². The molecule has 3 heteroatoms. The Bertz CT molecular complexity index is 347. The van der Waals surface area contributed by atoms with Crippen LogP contribution in [0.3, 0.4) is 0 Å². The van der Waals surface area contributed by atoms with Crippen LogP contribution < -0.4 is 4.74 Å². The predicted octanol–water partition coefficient (Wildman–Crippen LogP) is 3.38. The second-order valence-electron chi connectivity index (χ2n) is 3.46. The fourth-order valence-corrected chi connectivity index (χ4v) is 1.50. The lowest BCUT2D eigenvalue weighted by Crippen LogP contribution is -2.08. The normalized spacial score (nSPS) is 10.1. The Kier molecular flexibility index (Phi) is 4.82. The summed E-state index contributed by atoms with van der Waals surface area (Å²) in [5.41, 5.74) is 2.17. The van der Waals surface area contributed by atoms with Crippen LogP contribution >= 0.6 is 15.9 Å². The number of ether oxygens (including phenoxy) is 1. The number of aryl methyl sites for hydroxylation is 1. The number of carbonyl (C=O) groups excluding carboxylic acids is 1. The lowest BCUT2D eigenvalue weighted by molar-refractivity contribution is -0.134. The summed E-state index contributed by atoms with van der Waals surface area (Å²) in [6.07, 6.45) is 1.27. The maximum atomic E-state index is 11.4. The maximum absolute atomic E-state index is 11.4. The van der Waals surface area contributed by atoms with Crippen molar-refractivity contribution in [3.63, 3.8) is 0 Å². The van der Waals surface area contributed by atoms with Crippen LogP contribution in [0.15, 0.2) is 18.2 Å². The standard InChI is InChI=1S/C12H15BrO2/c1-9-5-3-6-11(10(9)2)15-12(14)7-4-8-13/h3,5-6H,4,7-8H2,1-2H3. The third-order valence-corrected chi connectivity index (χ3v) is 2.85. The van der Waals surface area contributed by atoms with Crippen molar-refractivity contribution < 1.29 is 9.53 Å². The molecule has 2 nitrogen and oxygen atoms in total. The Balaban J connectivity index is 2.64. The Labute approximate surface area is 98.8 Å². The van der Waals surface area contributed by atoms with Gasteiger partial charge in [0.2, 0.25) is 0 Å². The quantitative estimate of drug-likeness (QED) is 0.476. The van der Waals surface area contributed by atoms with Crippen molar-refractivity contribution in [3.05, 3.63) is 29.3 Å². The third kappa shape index (κ3) is 3.67. The van der Waals surface area contributed by atoms with E-state index >= 15 is 0 Å². The Morgan fingerprint density at radius 3 is 2.80 bits per heavy atom. The molecule has 1 aromatic rings. The minimum atomic E-state index is -0.164. The van der Waals surface area contributed by atoms with Gasteiger partial charge >= 0.3 is 5.97 Å². The van der Waals surface area contributed by atoms with Crippen molar-refractivity contribution in [2.24, 2.45) is 0 Å². The number of halogens is 1. The average Bonchev–Trinajstić information content (AvgIpc) is 2.22. The van der Waals surface area contributed by atoms with Crippen LogP contribution in [0.4, 0.5) is 0 Å². The summed E-state index contributed by atoms with van der Waals surface area (Å²) in [7, 11) is 0. The van der Waals surface area contributed by atoms with Crippen molar-refractivity contribution in [1.29, 1.82) is 0 Å². The van der Waals surface area contributed by atoms with Crippen molar-refractivity contribution >= 4 is 21.9 Å². The fourth-order valence-electron chi connectivity index (χ4n) is 1.22. The highest BCUT2D eigenvalue weighted by Crippen LogP contribution is 2.21. The molecule has 0 aromatic heterocycles. The summed E-state index contributed by atoms with van der Waals surface area (Å²) in [6.45, 7) is 3.97. The molecule has 0 saturated heterocycles. The summed E-state index contributed by atoms with van der Waals surface area (Å²) in [5, 5.41) is 0.828. The number of esters is 1. The number of alkyl halides is 1. The van der Waals surface area contributed by atoms with E-state index in [9.17, 15) is 4.79 Å². The van der Waals surface area contributed by atoms with Crippen molar-refractivity contribution in [2.75, 3.05) is 5.33 Å². The van der Waals surface area contributed by atoms with Gasteiger partial charge in [0, 0.05) is 11.8 Å². The molecule has 15 heavy (non-hydrogen) atoms. The molecule has 0 radical (unpaired) electrons. The minimum Gasteiger partial charge on any atom is -0.426 e. The number of hydrogen-bond donors (Lipinski definition) is 0. The number of benzene rings is 1. The summed E-state index contributed by atoms with van der Waals surface area (Å²) in [6, 6.07) is 5.73. The van der Waals surface area contributed by atoms with E-state index < -0.39 is 0 Å². The molecule has 0 N–H and O–H groups in total. The zero-order valence-electron chi connectivity index (χ0n) is 9.05. The van der Waals surface area contributed by atoms with Gasteiger partial charge in [-0.3, -0.25) is 4.79 Å². The zero-order valence-corrected chi connectivity index (χ0v) is 10.6. The van der Waals surface area contributed by atoms with E-state index in [-0.39, 0.29) is 5.97 Å². The van der Waals surface area contributed by atoms with Gasteiger partial charge in [0.25, 0.3) is 0 Å². The van der Waals surface area contributed by atoms with Gasteiger partial charge < -0.3 is 4.74 Å². The molecule has 0 amide bonds. The molecule has 0 aliphatic rings. The van der Waals surface area contributed by atoms with Gasteiger partial charge in [-0.25, -0.2) is 0 Å². The van der Waals surface area contributed by atoms with Crippen molar-refractivity contribution in [3.8, 4) is 5.75 Å². The number of carbonyl (C=O) groups is 1. The van der Waals surface area contributed by atoms with Crippen molar-refractivity contribution in [2.45, 2.75) is 26.7 Å². The van der Waals surface area contributed by atoms with E-state index in [0.717, 1.165) is 22.9 Å². The van der Waals surface area contributed by atoms with Gasteiger partial charge in [-0.1, -0.05) is 28.1 Å². The predicted molar refractivity (Wildman–Crippen MR) is 64.6 cm³/mol. The molecule has 0 saturated carbocycles. The molecule has 82 valence electrons. The van der Waals surface area contributed by atoms with Gasteiger partial charge in [-0.2, -0.15) is 0 Å².